The summed E-state index contributed by atoms with van der Waals surface area (Å²) in [5, 5.41) is 35.1. The number of carbonyl (C=O) groups excluding carboxylic acids is 4. The molecule has 192 valence electrons. The lowest BCUT2D eigenvalue weighted by molar-refractivity contribution is -0.142. The standard InChI is InChI=1S/C18H30N6O10/c19-4-2-1-3-10(18(33)34)23-12(25)8-22-17(32)11(6-15(29)30)24-13(26)7-21-16(31)9(20)5-14(27)28/h9-11H,1-8,19-20H2,(H,21,31)(H,22,32)(H,23,25)(H,24,26)(H,27,28)(H,29,30)(H,33,34)/t9-,10-,11-/m0/s1. The molecule has 34 heavy (non-hydrogen) atoms. The molecule has 0 fully saturated rings. The molecule has 0 aliphatic rings. The third-order valence-electron chi connectivity index (χ3n) is 4.19. The van der Waals surface area contributed by atoms with Crippen LogP contribution < -0.4 is 32.7 Å². The van der Waals surface area contributed by atoms with Gasteiger partial charge in [0.25, 0.3) is 0 Å². The first-order valence-electron chi connectivity index (χ1n) is 10.1. The third kappa shape index (κ3) is 13.6. The Labute approximate surface area is 193 Å². The quantitative estimate of drug-likeness (QED) is 0.0875. The molecule has 3 atom stereocenters. The Morgan fingerprint density at radius 3 is 1.68 bits per heavy atom. The molecule has 0 heterocycles. The summed E-state index contributed by atoms with van der Waals surface area (Å²) in [6, 6.07) is -4.25. The number of nitrogens with one attached hydrogen (secondary N) is 4. The van der Waals surface area contributed by atoms with Crippen molar-refractivity contribution in [3.63, 3.8) is 0 Å². The number of nitrogens with two attached hydrogens (primary N) is 2. The van der Waals surface area contributed by atoms with Crippen LogP contribution in [0.15, 0.2) is 0 Å². The van der Waals surface area contributed by atoms with Gasteiger partial charge in [0.2, 0.25) is 23.6 Å². The van der Waals surface area contributed by atoms with Crippen LogP contribution in [0.3, 0.4) is 0 Å². The van der Waals surface area contributed by atoms with Crippen molar-refractivity contribution in [1.29, 1.82) is 0 Å². The fourth-order valence-electron chi connectivity index (χ4n) is 2.49. The number of unbranched alkanes of at least 4 members (excludes halogenated alkanes) is 1. The maximum Gasteiger partial charge on any atom is 0.326 e. The second-order valence-electron chi connectivity index (χ2n) is 7.10. The third-order valence-corrected chi connectivity index (χ3v) is 4.19. The second-order valence-corrected chi connectivity index (χ2v) is 7.10. The highest BCUT2D eigenvalue weighted by molar-refractivity contribution is 5.95. The summed E-state index contributed by atoms with van der Waals surface area (Å²) >= 11 is 0. The average Bonchev–Trinajstić information content (AvgIpc) is 2.73. The van der Waals surface area contributed by atoms with E-state index < -0.39 is 85.6 Å². The first kappa shape index (κ1) is 30.2. The molecule has 0 rings (SSSR count). The summed E-state index contributed by atoms with van der Waals surface area (Å²) in [6.07, 6.45) is -0.424. The van der Waals surface area contributed by atoms with Gasteiger partial charge in [0.05, 0.1) is 32.0 Å². The van der Waals surface area contributed by atoms with Gasteiger partial charge in [0, 0.05) is 0 Å². The first-order chi connectivity index (χ1) is 15.9. The molecule has 0 saturated carbocycles. The molecule has 16 nitrogen and oxygen atoms in total. The zero-order valence-electron chi connectivity index (χ0n) is 18.2. The van der Waals surface area contributed by atoms with Gasteiger partial charge in [-0.25, -0.2) is 4.79 Å². The van der Waals surface area contributed by atoms with Crippen LogP contribution >= 0.6 is 0 Å². The lowest BCUT2D eigenvalue weighted by Gasteiger charge is -2.18. The Morgan fingerprint density at radius 2 is 1.21 bits per heavy atom. The molecular weight excluding hydrogens is 460 g/mol. The Bertz CT molecular complexity index is 774. The highest BCUT2D eigenvalue weighted by atomic mass is 16.4. The fraction of sp³-hybridized carbons (Fsp3) is 0.611. The summed E-state index contributed by atoms with van der Waals surface area (Å²) < 4.78 is 0. The van der Waals surface area contributed by atoms with Crippen molar-refractivity contribution >= 4 is 41.5 Å². The van der Waals surface area contributed by atoms with Gasteiger partial charge >= 0.3 is 17.9 Å². The number of carboxylic acids is 3. The zero-order chi connectivity index (χ0) is 26.3. The van der Waals surface area contributed by atoms with Gasteiger partial charge in [-0.2, -0.15) is 0 Å². The van der Waals surface area contributed by atoms with Crippen LogP contribution in [0.5, 0.6) is 0 Å². The second kappa shape index (κ2) is 15.9. The minimum atomic E-state index is -1.62. The first-order valence-corrected chi connectivity index (χ1v) is 10.1. The van der Waals surface area contributed by atoms with Gasteiger partial charge in [-0.15, -0.1) is 0 Å². The van der Waals surface area contributed by atoms with Gasteiger partial charge in [-0.1, -0.05) is 0 Å². The van der Waals surface area contributed by atoms with Gasteiger partial charge in [-0.05, 0) is 25.8 Å². The maximum atomic E-state index is 12.2. The molecule has 0 radical (unpaired) electrons. The molecule has 0 unspecified atom stereocenters. The number of amides is 4. The van der Waals surface area contributed by atoms with Crippen molar-refractivity contribution in [2.75, 3.05) is 19.6 Å². The lowest BCUT2D eigenvalue weighted by Crippen LogP contribution is -2.53. The normalized spacial score (nSPS) is 13.0. The summed E-state index contributed by atoms with van der Waals surface area (Å²) in [5.41, 5.74) is 10.7. The molecule has 4 amide bonds. The van der Waals surface area contributed by atoms with E-state index in [0.29, 0.717) is 19.4 Å². The molecule has 0 aromatic carbocycles. The van der Waals surface area contributed by atoms with Crippen LogP contribution in [0.2, 0.25) is 0 Å². The topological polar surface area (TPSA) is 280 Å². The van der Waals surface area contributed by atoms with Crippen molar-refractivity contribution < 1.29 is 48.9 Å². The molecule has 0 bridgehead atoms. The van der Waals surface area contributed by atoms with E-state index in [2.05, 4.69) is 16.0 Å². The minimum Gasteiger partial charge on any atom is -0.481 e. The Hall–Kier alpha value is -3.79. The molecule has 0 aromatic rings. The van der Waals surface area contributed by atoms with Gasteiger partial charge in [0.1, 0.15) is 12.1 Å². The number of rotatable bonds is 17. The summed E-state index contributed by atoms with van der Waals surface area (Å²) in [7, 11) is 0. The van der Waals surface area contributed by atoms with Gasteiger partial charge in [-0.3, -0.25) is 28.8 Å². The van der Waals surface area contributed by atoms with E-state index in [1.165, 1.54) is 0 Å². The maximum absolute atomic E-state index is 12.2. The zero-order valence-corrected chi connectivity index (χ0v) is 18.2. The van der Waals surface area contributed by atoms with E-state index in [0.717, 1.165) is 0 Å². The van der Waals surface area contributed by atoms with E-state index in [4.69, 9.17) is 26.8 Å². The molecular formula is C18H30N6O10. The van der Waals surface area contributed by atoms with E-state index in [-0.39, 0.29) is 6.42 Å². The average molecular weight is 490 g/mol. The largest absolute Gasteiger partial charge is 0.481 e. The summed E-state index contributed by atoms with van der Waals surface area (Å²) in [6.45, 7) is -1.06. The lowest BCUT2D eigenvalue weighted by atomic mass is 10.1. The van der Waals surface area contributed by atoms with E-state index in [1.807, 2.05) is 5.32 Å². The minimum absolute atomic E-state index is 0.117. The SMILES string of the molecule is NCCCC[C@H](NC(=O)CNC(=O)[C@H](CC(=O)O)NC(=O)CNC(=O)[C@@H](N)CC(=O)O)C(=O)O. The predicted octanol–water partition coefficient (Wildman–Crippen LogP) is -4.32. The summed E-state index contributed by atoms with van der Waals surface area (Å²) in [4.78, 5) is 80.6. The van der Waals surface area contributed by atoms with E-state index >= 15 is 0 Å². The summed E-state index contributed by atoms with van der Waals surface area (Å²) in [5.74, 6) is -7.90. The molecule has 0 saturated heterocycles. The van der Waals surface area contributed by atoms with Crippen molar-refractivity contribution in [2.24, 2.45) is 11.5 Å². The molecule has 11 N–H and O–H groups in total. The van der Waals surface area contributed by atoms with Crippen LogP contribution in [0.1, 0.15) is 32.1 Å². The van der Waals surface area contributed by atoms with Crippen LogP contribution in [-0.4, -0.2) is 94.6 Å². The molecule has 0 aromatic heterocycles. The van der Waals surface area contributed by atoms with Crippen LogP contribution in [0.25, 0.3) is 0 Å². The Morgan fingerprint density at radius 1 is 0.706 bits per heavy atom. The van der Waals surface area contributed by atoms with Crippen molar-refractivity contribution in [3.05, 3.63) is 0 Å². The van der Waals surface area contributed by atoms with Crippen molar-refractivity contribution in [3.8, 4) is 0 Å². The van der Waals surface area contributed by atoms with Crippen LogP contribution in [-0.2, 0) is 33.6 Å². The molecule has 0 spiro atoms. The van der Waals surface area contributed by atoms with Gasteiger partial charge < -0.3 is 48.1 Å². The van der Waals surface area contributed by atoms with E-state index in [1.54, 1.807) is 0 Å². The molecule has 0 aliphatic carbocycles. The van der Waals surface area contributed by atoms with Crippen molar-refractivity contribution in [2.45, 2.75) is 50.2 Å². The highest BCUT2D eigenvalue weighted by Gasteiger charge is 2.26. The predicted molar refractivity (Wildman–Crippen MR) is 113 cm³/mol. The van der Waals surface area contributed by atoms with Crippen molar-refractivity contribution in [1.82, 2.24) is 21.3 Å². The molecule has 16 heteroatoms. The number of carboxylic acid groups (broad SMARTS) is 3. The van der Waals surface area contributed by atoms with Crippen LogP contribution in [0.4, 0.5) is 0 Å². The smallest absolute Gasteiger partial charge is 0.326 e. The molecule has 0 aliphatic heterocycles. The number of carbonyl (C=O) groups is 7. The Kier molecular flexibility index (Phi) is 14.1. The highest BCUT2D eigenvalue weighted by Crippen LogP contribution is 2.01. The monoisotopic (exact) mass is 490 g/mol. The fourth-order valence-corrected chi connectivity index (χ4v) is 2.49. The van der Waals surface area contributed by atoms with Gasteiger partial charge in [0.15, 0.2) is 0 Å². The Balaban J connectivity index is 4.78. The van der Waals surface area contributed by atoms with E-state index in [9.17, 15) is 33.6 Å². The number of hydrogen-bond donors (Lipinski definition) is 9. The number of hydrogen-bond acceptors (Lipinski definition) is 9. The van der Waals surface area contributed by atoms with Crippen LogP contribution in [0, 0.1) is 0 Å². The number of aliphatic carboxylic acids is 3.